The van der Waals surface area contributed by atoms with Crippen molar-refractivity contribution in [2.24, 2.45) is 0 Å². The van der Waals surface area contributed by atoms with Crippen LogP contribution in [0.15, 0.2) is 36.0 Å². The zero-order valence-electron chi connectivity index (χ0n) is 32.8. The molecule has 4 atom stereocenters. The SMILES string of the molecule is CCCC[N+](CCCC)(CCCC)CCCC.COC(=O)C=C(C)NC(C(=O)N[C@@H]1C(=O)N2[C@@H]1SC(C)(C)[C@@H]2C(=O)[O-])c1ccc(OC(C)=O)cc1. The lowest BCUT2D eigenvalue weighted by molar-refractivity contribution is -0.929. The molecule has 13 heteroatoms. The van der Waals surface area contributed by atoms with Crippen molar-refractivity contribution in [3.05, 3.63) is 41.6 Å². The minimum atomic E-state index is -1.35. The van der Waals surface area contributed by atoms with Crippen molar-refractivity contribution in [2.45, 2.75) is 135 Å². The molecule has 0 saturated carbocycles. The van der Waals surface area contributed by atoms with Gasteiger partial charge in [0.25, 0.3) is 0 Å². The molecule has 0 radical (unpaired) electrons. The lowest BCUT2D eigenvalue weighted by atomic mass is 9.95. The molecule has 2 fully saturated rings. The number of fused-ring (bicyclic) bond motifs is 1. The van der Waals surface area contributed by atoms with Crippen molar-refractivity contribution in [1.29, 1.82) is 0 Å². The first kappa shape index (κ1) is 44.6. The number of allylic oxidation sites excluding steroid dienone is 1. The van der Waals surface area contributed by atoms with Gasteiger partial charge in [0.15, 0.2) is 0 Å². The molecule has 2 amide bonds. The minimum Gasteiger partial charge on any atom is -0.548 e. The fraction of sp³-hybridized carbons (Fsp3) is 0.667. The average Bonchev–Trinajstić information content (AvgIpc) is 3.36. The van der Waals surface area contributed by atoms with Gasteiger partial charge in [-0.05, 0) is 64.2 Å². The van der Waals surface area contributed by atoms with Crippen molar-refractivity contribution >= 4 is 41.5 Å². The van der Waals surface area contributed by atoms with E-state index in [1.165, 1.54) is 131 Å². The summed E-state index contributed by atoms with van der Waals surface area (Å²) in [6.45, 7) is 21.3. The molecule has 0 aliphatic carbocycles. The molecular formula is C39H62N4O8S. The number of carboxylic acids is 1. The molecule has 2 aliphatic heterocycles. The van der Waals surface area contributed by atoms with E-state index in [2.05, 4.69) is 43.1 Å². The molecular weight excluding hydrogens is 685 g/mol. The standard InChI is InChI=1S/C23H27N3O8S.C16H36N/c1-11(10-15(28)33-5)24-16(13-6-8-14(9-7-13)34-12(2)27)19(29)25-17-20(30)26-18(22(31)32)23(3,4)35-21(17)26;1-5-9-13-17(14-10-6-2,15-11-7-3)16-12-8-4/h6-10,16-18,21,24H,1-5H3,(H,25,29)(H,31,32);5-16H2,1-4H3/q;+1/p-1/t16?,17-,18+,21-;/m1./s1. The minimum absolute atomic E-state index is 0.282. The number of esters is 2. The summed E-state index contributed by atoms with van der Waals surface area (Å²) in [6.07, 6.45) is 12.2. The summed E-state index contributed by atoms with van der Waals surface area (Å²) < 4.78 is 10.3. The zero-order valence-corrected chi connectivity index (χ0v) is 33.6. The summed E-state index contributed by atoms with van der Waals surface area (Å²) in [5.41, 5.74) is 0.794. The molecule has 2 aliphatic rings. The van der Waals surface area contributed by atoms with Crippen LogP contribution in [0.3, 0.4) is 0 Å². The number of quaternary nitrogens is 1. The van der Waals surface area contributed by atoms with E-state index >= 15 is 0 Å². The molecule has 3 rings (SSSR count). The first-order valence-electron chi connectivity index (χ1n) is 18.8. The molecule has 0 spiro atoms. The second-order valence-electron chi connectivity index (χ2n) is 14.3. The molecule has 0 bridgehead atoms. The highest BCUT2D eigenvalue weighted by molar-refractivity contribution is 8.01. The first-order valence-corrected chi connectivity index (χ1v) is 19.7. The number of nitrogens with zero attached hydrogens (tertiary/aromatic N) is 2. The van der Waals surface area contributed by atoms with Crippen LogP contribution in [0.25, 0.3) is 0 Å². The van der Waals surface area contributed by atoms with Gasteiger partial charge in [-0.15, -0.1) is 11.8 Å². The van der Waals surface area contributed by atoms with Gasteiger partial charge in [-0.2, -0.15) is 0 Å². The summed E-state index contributed by atoms with van der Waals surface area (Å²) in [5.74, 6) is -3.27. The van der Waals surface area contributed by atoms with Crippen molar-refractivity contribution in [3.63, 3.8) is 0 Å². The highest BCUT2D eigenvalue weighted by atomic mass is 32.2. The predicted octanol–water partition coefficient (Wildman–Crippen LogP) is 4.62. The van der Waals surface area contributed by atoms with Gasteiger partial charge in [0, 0.05) is 23.4 Å². The van der Waals surface area contributed by atoms with Gasteiger partial charge in [0.2, 0.25) is 11.8 Å². The summed E-state index contributed by atoms with van der Waals surface area (Å²) in [5, 5.41) is 16.7. The van der Waals surface area contributed by atoms with Crippen LogP contribution in [0.2, 0.25) is 0 Å². The molecule has 292 valence electrons. The number of carbonyl (C=O) groups is 5. The second-order valence-corrected chi connectivity index (χ2v) is 16.1. The van der Waals surface area contributed by atoms with E-state index in [0.717, 1.165) is 0 Å². The van der Waals surface area contributed by atoms with E-state index in [-0.39, 0.29) is 5.75 Å². The number of hydrogen-bond donors (Lipinski definition) is 2. The summed E-state index contributed by atoms with van der Waals surface area (Å²) in [6, 6.07) is 3.09. The van der Waals surface area contributed by atoms with E-state index in [1.807, 2.05) is 0 Å². The number of rotatable bonds is 20. The monoisotopic (exact) mass is 746 g/mol. The number of carboxylic acid groups (broad SMARTS) is 1. The zero-order chi connectivity index (χ0) is 39.1. The number of β-lactam (4-membered cyclic amide) rings is 1. The third-order valence-electron chi connectivity index (χ3n) is 9.55. The third kappa shape index (κ3) is 12.5. The van der Waals surface area contributed by atoms with Gasteiger partial charge >= 0.3 is 11.9 Å². The number of nitrogens with one attached hydrogen (secondary N) is 2. The molecule has 12 nitrogen and oxygen atoms in total. The van der Waals surface area contributed by atoms with Crippen LogP contribution in [0.5, 0.6) is 5.75 Å². The van der Waals surface area contributed by atoms with Gasteiger partial charge in [-0.25, -0.2) is 4.79 Å². The molecule has 52 heavy (non-hydrogen) atoms. The van der Waals surface area contributed by atoms with Gasteiger partial charge in [0.05, 0.1) is 45.3 Å². The molecule has 2 saturated heterocycles. The fourth-order valence-corrected chi connectivity index (χ4v) is 8.33. The Morgan fingerprint density at radius 1 is 0.923 bits per heavy atom. The number of methoxy groups -OCH3 is 1. The van der Waals surface area contributed by atoms with Crippen molar-refractivity contribution in [1.82, 2.24) is 15.5 Å². The van der Waals surface area contributed by atoms with E-state index < -0.39 is 58.0 Å². The molecule has 2 heterocycles. The first-order chi connectivity index (χ1) is 24.6. The quantitative estimate of drug-likeness (QED) is 0.0636. The number of ether oxygens (including phenoxy) is 2. The topological polar surface area (TPSA) is 154 Å². The van der Waals surface area contributed by atoms with Crippen LogP contribution >= 0.6 is 11.8 Å². The number of amides is 2. The number of hydrogen-bond acceptors (Lipinski definition) is 10. The van der Waals surface area contributed by atoms with Gasteiger partial charge < -0.3 is 39.4 Å². The average molecular weight is 747 g/mol. The fourth-order valence-electron chi connectivity index (χ4n) is 6.71. The number of aliphatic carboxylic acids is 1. The highest BCUT2D eigenvalue weighted by Gasteiger charge is 2.62. The van der Waals surface area contributed by atoms with E-state index in [1.54, 1.807) is 32.9 Å². The van der Waals surface area contributed by atoms with E-state index in [9.17, 15) is 29.1 Å². The molecule has 1 aromatic carbocycles. The Morgan fingerprint density at radius 2 is 1.42 bits per heavy atom. The van der Waals surface area contributed by atoms with Crippen molar-refractivity contribution in [2.75, 3.05) is 33.3 Å². The molecule has 2 N–H and O–H groups in total. The third-order valence-corrected chi connectivity index (χ3v) is 11.1. The lowest BCUT2D eigenvalue weighted by Gasteiger charge is -2.45. The smallest absolute Gasteiger partial charge is 0.332 e. The highest BCUT2D eigenvalue weighted by Crippen LogP contribution is 2.50. The number of carbonyl (C=O) groups excluding carboxylic acids is 5. The Balaban J connectivity index is 0.000000465. The van der Waals surface area contributed by atoms with Gasteiger partial charge in [0.1, 0.15) is 23.2 Å². The normalized spacial score (nSPS) is 19.7. The Hall–Kier alpha value is -3.58. The van der Waals surface area contributed by atoms with E-state index in [0.29, 0.717) is 11.3 Å². The van der Waals surface area contributed by atoms with Crippen LogP contribution in [-0.4, -0.2) is 94.6 Å². The van der Waals surface area contributed by atoms with Gasteiger partial charge in [-0.1, -0.05) is 65.5 Å². The maximum absolute atomic E-state index is 13.3. The Bertz CT molecular complexity index is 1350. The maximum atomic E-state index is 13.3. The predicted molar refractivity (Wildman–Crippen MR) is 202 cm³/mol. The van der Waals surface area contributed by atoms with Crippen LogP contribution in [-0.2, 0) is 28.7 Å². The number of benzene rings is 1. The molecule has 1 unspecified atom stereocenters. The number of thioether (sulfide) groups is 1. The molecule has 0 aromatic heterocycles. The van der Waals surface area contributed by atoms with E-state index in [4.69, 9.17) is 4.74 Å². The Morgan fingerprint density at radius 3 is 1.85 bits per heavy atom. The van der Waals surface area contributed by atoms with Crippen LogP contribution in [0, 0.1) is 0 Å². The number of unbranched alkanes of at least 4 members (excludes halogenated alkanes) is 4. The molecule has 1 aromatic rings. The summed E-state index contributed by atoms with van der Waals surface area (Å²) in [7, 11) is 1.22. The van der Waals surface area contributed by atoms with Crippen molar-refractivity contribution < 1.29 is 43.0 Å². The largest absolute Gasteiger partial charge is 0.548 e. The maximum Gasteiger partial charge on any atom is 0.332 e. The van der Waals surface area contributed by atoms with Gasteiger partial charge in [-0.3, -0.25) is 14.4 Å². The Kier molecular flexibility index (Phi) is 18.2. The Labute approximate surface area is 315 Å². The van der Waals surface area contributed by atoms with Crippen molar-refractivity contribution in [3.8, 4) is 5.75 Å². The van der Waals surface area contributed by atoms with Crippen LogP contribution < -0.4 is 20.5 Å². The lowest BCUT2D eigenvalue weighted by Crippen LogP contribution is -2.72. The second kappa shape index (κ2) is 21.2. The summed E-state index contributed by atoms with van der Waals surface area (Å²) >= 11 is 1.28. The summed E-state index contributed by atoms with van der Waals surface area (Å²) in [4.78, 5) is 61.7. The van der Waals surface area contributed by atoms with Crippen LogP contribution in [0.1, 0.15) is 118 Å². The van der Waals surface area contributed by atoms with Crippen LogP contribution in [0.4, 0.5) is 0 Å².